The highest BCUT2D eigenvalue weighted by Gasteiger charge is 2.31. The summed E-state index contributed by atoms with van der Waals surface area (Å²) >= 11 is 3.30. The van der Waals surface area contributed by atoms with Crippen LogP contribution in [0.25, 0.3) is 0 Å². The van der Waals surface area contributed by atoms with Gasteiger partial charge in [0, 0.05) is 30.0 Å². The molecule has 0 aromatic heterocycles. The maximum Gasteiger partial charge on any atom is 0.307 e. The molecule has 1 atom stereocenters. The molecule has 0 amide bonds. The number of ether oxygens (including phenoxy) is 1. The molecule has 1 unspecified atom stereocenters. The van der Waals surface area contributed by atoms with Crippen molar-refractivity contribution in [3.8, 4) is 5.75 Å². The van der Waals surface area contributed by atoms with Crippen LogP contribution in [-0.4, -0.2) is 44.0 Å². The summed E-state index contributed by atoms with van der Waals surface area (Å²) in [5.74, 6) is -1.45. The lowest BCUT2D eigenvalue weighted by atomic mass is 10.2. The molecule has 21 heavy (non-hydrogen) atoms. The van der Waals surface area contributed by atoms with Gasteiger partial charge in [0.2, 0.25) is 10.0 Å². The van der Waals surface area contributed by atoms with Crippen molar-refractivity contribution in [2.75, 3.05) is 20.2 Å². The van der Waals surface area contributed by atoms with Crippen molar-refractivity contribution in [2.24, 2.45) is 5.92 Å². The highest BCUT2D eigenvalue weighted by Crippen LogP contribution is 2.37. The molecule has 0 aliphatic carbocycles. The summed E-state index contributed by atoms with van der Waals surface area (Å²) in [5.41, 5.74) is 0.836. The smallest absolute Gasteiger partial charge is 0.307 e. The largest absolute Gasteiger partial charge is 0.492 e. The minimum absolute atomic E-state index is 0.0736. The molecule has 6 nitrogen and oxygen atoms in total. The Labute approximate surface area is 131 Å². The van der Waals surface area contributed by atoms with Crippen LogP contribution in [0, 0.1) is 5.92 Å². The summed E-state index contributed by atoms with van der Waals surface area (Å²) in [4.78, 5) is 11.0. The minimum Gasteiger partial charge on any atom is -0.492 e. The van der Waals surface area contributed by atoms with E-state index in [1.54, 1.807) is 0 Å². The maximum atomic E-state index is 12.6. The van der Waals surface area contributed by atoms with E-state index < -0.39 is 21.9 Å². The fraction of sp³-hybridized carbons (Fsp3) is 0.462. The Morgan fingerprint density at radius 1 is 1.52 bits per heavy atom. The number of carboxylic acid groups (broad SMARTS) is 1. The van der Waals surface area contributed by atoms with E-state index in [1.165, 1.54) is 20.0 Å². The van der Waals surface area contributed by atoms with E-state index in [0.29, 0.717) is 23.2 Å². The quantitative estimate of drug-likeness (QED) is 0.844. The molecule has 0 bridgehead atoms. The van der Waals surface area contributed by atoms with Gasteiger partial charge < -0.3 is 9.84 Å². The van der Waals surface area contributed by atoms with E-state index in [0.717, 1.165) is 9.87 Å². The lowest BCUT2D eigenvalue weighted by molar-refractivity contribution is -0.141. The average Bonchev–Trinajstić information content (AvgIpc) is 2.84. The van der Waals surface area contributed by atoms with E-state index in [9.17, 15) is 13.2 Å². The number of carbonyl (C=O) groups is 1. The molecule has 1 aliphatic heterocycles. The average molecular weight is 378 g/mol. The SMILES string of the molecule is CC(CN(C)S(=O)(=O)c1cc(Br)cc2c1OCC2)C(=O)O. The van der Waals surface area contributed by atoms with Gasteiger partial charge in [-0.25, -0.2) is 8.42 Å². The Morgan fingerprint density at radius 2 is 2.19 bits per heavy atom. The normalized spacial score (nSPS) is 15.6. The zero-order valence-corrected chi connectivity index (χ0v) is 14.1. The molecule has 1 N–H and O–H groups in total. The van der Waals surface area contributed by atoms with Gasteiger partial charge in [0.25, 0.3) is 0 Å². The van der Waals surface area contributed by atoms with E-state index in [4.69, 9.17) is 9.84 Å². The molecule has 0 saturated heterocycles. The molecule has 0 saturated carbocycles. The van der Waals surface area contributed by atoms with Crippen molar-refractivity contribution in [2.45, 2.75) is 18.2 Å². The fourth-order valence-corrected chi connectivity index (χ4v) is 4.27. The minimum atomic E-state index is -3.80. The van der Waals surface area contributed by atoms with Crippen LogP contribution < -0.4 is 4.74 Å². The monoisotopic (exact) mass is 377 g/mol. The molecule has 1 aromatic rings. The predicted molar refractivity (Wildman–Crippen MR) is 80.0 cm³/mol. The van der Waals surface area contributed by atoms with Crippen molar-refractivity contribution >= 4 is 31.9 Å². The van der Waals surface area contributed by atoms with Crippen LogP contribution >= 0.6 is 15.9 Å². The third-order valence-corrected chi connectivity index (χ3v) is 5.64. The number of carboxylic acids is 1. The topological polar surface area (TPSA) is 83.9 Å². The van der Waals surface area contributed by atoms with Crippen LogP contribution in [0.3, 0.4) is 0 Å². The number of nitrogens with zero attached hydrogens (tertiary/aromatic N) is 1. The van der Waals surface area contributed by atoms with Gasteiger partial charge in [-0.05, 0) is 12.1 Å². The second-order valence-corrected chi connectivity index (χ2v) is 7.94. The Kier molecular flexibility index (Phi) is 4.60. The zero-order valence-electron chi connectivity index (χ0n) is 11.7. The Morgan fingerprint density at radius 3 is 2.81 bits per heavy atom. The highest BCUT2D eigenvalue weighted by molar-refractivity contribution is 9.10. The van der Waals surface area contributed by atoms with Gasteiger partial charge in [-0.2, -0.15) is 4.31 Å². The maximum absolute atomic E-state index is 12.6. The van der Waals surface area contributed by atoms with Crippen molar-refractivity contribution in [3.05, 3.63) is 22.2 Å². The Bertz CT molecular complexity index is 673. The first-order valence-corrected chi connectivity index (χ1v) is 8.61. The van der Waals surface area contributed by atoms with E-state index in [1.807, 2.05) is 6.07 Å². The van der Waals surface area contributed by atoms with Gasteiger partial charge in [-0.1, -0.05) is 22.9 Å². The molecule has 1 heterocycles. The third-order valence-electron chi connectivity index (χ3n) is 3.36. The van der Waals surface area contributed by atoms with Crippen LogP contribution in [-0.2, 0) is 21.2 Å². The zero-order chi connectivity index (χ0) is 15.8. The first kappa shape index (κ1) is 16.3. The number of benzene rings is 1. The lowest BCUT2D eigenvalue weighted by Gasteiger charge is -2.20. The van der Waals surface area contributed by atoms with Crippen LogP contribution in [0.4, 0.5) is 0 Å². The van der Waals surface area contributed by atoms with E-state index >= 15 is 0 Å². The van der Waals surface area contributed by atoms with Crippen LogP contribution in [0.2, 0.25) is 0 Å². The second kappa shape index (κ2) is 5.94. The first-order chi connectivity index (χ1) is 9.73. The molecular weight excluding hydrogens is 362 g/mol. The lowest BCUT2D eigenvalue weighted by Crippen LogP contribution is -2.33. The molecule has 1 aliphatic rings. The van der Waals surface area contributed by atoms with Gasteiger partial charge in [0.1, 0.15) is 10.6 Å². The van der Waals surface area contributed by atoms with Crippen molar-refractivity contribution in [3.63, 3.8) is 0 Å². The number of aliphatic carboxylic acids is 1. The molecule has 0 spiro atoms. The molecule has 116 valence electrons. The number of sulfonamides is 1. The molecule has 1 aromatic carbocycles. The van der Waals surface area contributed by atoms with Gasteiger partial charge in [0.05, 0.1) is 12.5 Å². The van der Waals surface area contributed by atoms with Crippen LogP contribution in [0.5, 0.6) is 5.75 Å². The van der Waals surface area contributed by atoms with Gasteiger partial charge >= 0.3 is 5.97 Å². The van der Waals surface area contributed by atoms with Crippen LogP contribution in [0.15, 0.2) is 21.5 Å². The number of hydrogen-bond donors (Lipinski definition) is 1. The summed E-state index contributed by atoms with van der Waals surface area (Å²) in [6.07, 6.45) is 0.659. The van der Waals surface area contributed by atoms with Crippen molar-refractivity contribution in [1.29, 1.82) is 0 Å². The first-order valence-electron chi connectivity index (χ1n) is 6.38. The fourth-order valence-electron chi connectivity index (χ4n) is 2.16. The second-order valence-electron chi connectivity index (χ2n) is 5.02. The number of halogens is 1. The third kappa shape index (κ3) is 3.22. The van der Waals surface area contributed by atoms with E-state index in [2.05, 4.69) is 15.9 Å². The van der Waals surface area contributed by atoms with Gasteiger partial charge in [0.15, 0.2) is 0 Å². The highest BCUT2D eigenvalue weighted by atomic mass is 79.9. The summed E-state index contributed by atoms with van der Waals surface area (Å²) in [5, 5.41) is 8.91. The molecular formula is C13H16BrNO5S. The number of rotatable bonds is 5. The van der Waals surface area contributed by atoms with Gasteiger partial charge in [-0.3, -0.25) is 4.79 Å². The Hall–Kier alpha value is -1.12. The molecule has 0 fully saturated rings. The number of fused-ring (bicyclic) bond motifs is 1. The summed E-state index contributed by atoms with van der Waals surface area (Å²) < 4.78 is 32.4. The van der Waals surface area contributed by atoms with E-state index in [-0.39, 0.29) is 11.4 Å². The standard InChI is InChI=1S/C13H16BrNO5S/c1-8(13(16)17)7-15(2)21(18,19)11-6-10(14)5-9-3-4-20-12(9)11/h5-6,8H,3-4,7H2,1-2H3,(H,16,17). The molecule has 2 rings (SSSR count). The van der Waals surface area contributed by atoms with Crippen molar-refractivity contribution in [1.82, 2.24) is 4.31 Å². The summed E-state index contributed by atoms with van der Waals surface area (Å²) in [6, 6.07) is 3.32. The Balaban J connectivity index is 2.38. The summed E-state index contributed by atoms with van der Waals surface area (Å²) in [7, 11) is -2.43. The predicted octanol–water partition coefficient (Wildman–Crippen LogP) is 1.73. The summed E-state index contributed by atoms with van der Waals surface area (Å²) in [6.45, 7) is 1.82. The number of hydrogen-bond acceptors (Lipinski definition) is 4. The van der Waals surface area contributed by atoms with Crippen LogP contribution in [0.1, 0.15) is 12.5 Å². The molecule has 0 radical (unpaired) electrons. The molecule has 8 heteroatoms. The van der Waals surface area contributed by atoms with Crippen molar-refractivity contribution < 1.29 is 23.1 Å². The van der Waals surface area contributed by atoms with Gasteiger partial charge in [-0.15, -0.1) is 0 Å².